The van der Waals surface area contributed by atoms with Crippen LogP contribution < -0.4 is 10.2 Å². The number of benzene rings is 2. The second-order valence-electron chi connectivity index (χ2n) is 7.17. The van der Waals surface area contributed by atoms with Crippen LogP contribution in [0, 0.1) is 0 Å². The molecule has 1 fully saturated rings. The highest BCUT2D eigenvalue weighted by Crippen LogP contribution is 2.21. The van der Waals surface area contributed by atoms with Crippen molar-refractivity contribution in [2.24, 2.45) is 0 Å². The number of ether oxygens (including phenoxy) is 1. The van der Waals surface area contributed by atoms with E-state index in [4.69, 9.17) is 4.74 Å². The molecule has 2 aromatic carbocycles. The van der Waals surface area contributed by atoms with Gasteiger partial charge in [0.25, 0.3) is 5.91 Å². The minimum absolute atomic E-state index is 0.231. The SMILES string of the molecule is CCN(CC)S(=O)(=O)c1ccc(C(C)NC(=O)c2ccc(N3CCOC3=O)cc2)cc1. The first-order valence-corrected chi connectivity index (χ1v) is 11.7. The number of anilines is 1. The lowest BCUT2D eigenvalue weighted by Crippen LogP contribution is -2.30. The summed E-state index contributed by atoms with van der Waals surface area (Å²) in [6.45, 7) is 7.09. The minimum atomic E-state index is -3.52. The second-order valence-corrected chi connectivity index (χ2v) is 9.10. The summed E-state index contributed by atoms with van der Waals surface area (Å²) < 4.78 is 31.5. The summed E-state index contributed by atoms with van der Waals surface area (Å²) >= 11 is 0. The fourth-order valence-electron chi connectivity index (χ4n) is 3.43. The summed E-state index contributed by atoms with van der Waals surface area (Å²) in [6, 6.07) is 13.0. The van der Waals surface area contributed by atoms with E-state index in [1.165, 1.54) is 9.21 Å². The van der Waals surface area contributed by atoms with Crippen LogP contribution in [0.2, 0.25) is 0 Å². The van der Waals surface area contributed by atoms with E-state index in [1.54, 1.807) is 62.4 Å². The number of nitrogens with zero attached hydrogens (tertiary/aromatic N) is 2. The van der Waals surface area contributed by atoms with Crippen LogP contribution in [0.5, 0.6) is 0 Å². The Hall–Kier alpha value is -2.91. The molecule has 166 valence electrons. The van der Waals surface area contributed by atoms with Crippen LogP contribution in [0.3, 0.4) is 0 Å². The first-order valence-electron chi connectivity index (χ1n) is 10.2. The summed E-state index contributed by atoms with van der Waals surface area (Å²) in [5.41, 5.74) is 1.93. The fraction of sp³-hybridized carbons (Fsp3) is 0.364. The first-order chi connectivity index (χ1) is 14.8. The van der Waals surface area contributed by atoms with E-state index in [9.17, 15) is 18.0 Å². The van der Waals surface area contributed by atoms with Crippen LogP contribution in [0.15, 0.2) is 53.4 Å². The van der Waals surface area contributed by atoms with Crippen molar-refractivity contribution in [3.05, 3.63) is 59.7 Å². The lowest BCUT2D eigenvalue weighted by Gasteiger charge is -2.19. The quantitative estimate of drug-likeness (QED) is 0.673. The van der Waals surface area contributed by atoms with Gasteiger partial charge >= 0.3 is 6.09 Å². The molecule has 0 aliphatic carbocycles. The normalized spacial score (nSPS) is 15.1. The zero-order chi connectivity index (χ0) is 22.6. The lowest BCUT2D eigenvalue weighted by atomic mass is 10.1. The zero-order valence-electron chi connectivity index (χ0n) is 17.9. The Morgan fingerprint density at radius 1 is 1.10 bits per heavy atom. The highest BCUT2D eigenvalue weighted by atomic mass is 32.2. The molecule has 1 saturated heterocycles. The molecule has 3 rings (SSSR count). The maximum absolute atomic E-state index is 12.6. The summed E-state index contributed by atoms with van der Waals surface area (Å²) in [7, 11) is -3.52. The summed E-state index contributed by atoms with van der Waals surface area (Å²) in [4.78, 5) is 26.0. The molecule has 31 heavy (non-hydrogen) atoms. The number of nitrogens with one attached hydrogen (secondary N) is 1. The molecular formula is C22H27N3O5S. The number of hydrogen-bond acceptors (Lipinski definition) is 5. The molecular weight excluding hydrogens is 418 g/mol. The van der Waals surface area contributed by atoms with E-state index in [2.05, 4.69) is 5.32 Å². The van der Waals surface area contributed by atoms with Crippen molar-refractivity contribution in [3.63, 3.8) is 0 Å². The number of cyclic esters (lactones) is 1. The maximum atomic E-state index is 12.6. The molecule has 8 nitrogen and oxygen atoms in total. The van der Waals surface area contributed by atoms with Gasteiger partial charge in [-0.2, -0.15) is 4.31 Å². The molecule has 1 heterocycles. The van der Waals surface area contributed by atoms with Gasteiger partial charge in [0.1, 0.15) is 6.61 Å². The van der Waals surface area contributed by atoms with Crippen molar-refractivity contribution >= 4 is 27.7 Å². The van der Waals surface area contributed by atoms with E-state index in [1.807, 2.05) is 6.92 Å². The molecule has 1 N–H and O–H groups in total. The van der Waals surface area contributed by atoms with Gasteiger partial charge in [-0.05, 0) is 48.9 Å². The van der Waals surface area contributed by atoms with Crippen LogP contribution in [0.25, 0.3) is 0 Å². The average molecular weight is 446 g/mol. The van der Waals surface area contributed by atoms with Crippen molar-refractivity contribution in [2.45, 2.75) is 31.7 Å². The van der Waals surface area contributed by atoms with Gasteiger partial charge in [-0.25, -0.2) is 13.2 Å². The Morgan fingerprint density at radius 3 is 2.23 bits per heavy atom. The Balaban J connectivity index is 1.66. The Morgan fingerprint density at radius 2 is 1.71 bits per heavy atom. The number of hydrogen-bond donors (Lipinski definition) is 1. The van der Waals surface area contributed by atoms with Crippen molar-refractivity contribution in [1.82, 2.24) is 9.62 Å². The third-order valence-corrected chi connectivity index (χ3v) is 7.34. The third-order valence-electron chi connectivity index (χ3n) is 5.27. The largest absolute Gasteiger partial charge is 0.447 e. The second kappa shape index (κ2) is 9.49. The summed E-state index contributed by atoms with van der Waals surface area (Å²) in [6.07, 6.45) is -0.391. The molecule has 1 unspecified atom stereocenters. The van der Waals surface area contributed by atoms with Crippen LogP contribution in [-0.4, -0.2) is 51.0 Å². The first kappa shape index (κ1) is 22.8. The predicted molar refractivity (Wildman–Crippen MR) is 118 cm³/mol. The molecule has 1 atom stereocenters. The minimum Gasteiger partial charge on any atom is -0.447 e. The van der Waals surface area contributed by atoms with E-state index in [0.717, 1.165) is 5.56 Å². The van der Waals surface area contributed by atoms with Gasteiger partial charge in [-0.15, -0.1) is 0 Å². The number of carbonyl (C=O) groups excluding carboxylic acids is 2. The highest BCUT2D eigenvalue weighted by Gasteiger charge is 2.24. The number of rotatable bonds is 8. The smallest absolute Gasteiger partial charge is 0.414 e. The van der Waals surface area contributed by atoms with Crippen molar-refractivity contribution in [2.75, 3.05) is 31.1 Å². The molecule has 0 aromatic heterocycles. The standard InChI is InChI=1S/C22H27N3O5S/c1-4-24(5-2)31(28,29)20-12-8-17(9-13-20)16(3)23-21(26)18-6-10-19(11-7-18)25-14-15-30-22(25)27/h6-13,16H,4-5,14-15H2,1-3H3,(H,23,26). The zero-order valence-corrected chi connectivity index (χ0v) is 18.7. The van der Waals surface area contributed by atoms with Crippen LogP contribution in [0.1, 0.15) is 42.7 Å². The van der Waals surface area contributed by atoms with Gasteiger partial charge < -0.3 is 10.1 Å². The lowest BCUT2D eigenvalue weighted by molar-refractivity contribution is 0.0940. The molecule has 2 aromatic rings. The number of sulfonamides is 1. The van der Waals surface area contributed by atoms with Crippen LogP contribution in [-0.2, 0) is 14.8 Å². The van der Waals surface area contributed by atoms with Gasteiger partial charge in [0.05, 0.1) is 17.5 Å². The molecule has 1 aliphatic rings. The summed E-state index contributed by atoms with van der Waals surface area (Å²) in [5.74, 6) is -0.261. The summed E-state index contributed by atoms with van der Waals surface area (Å²) in [5, 5.41) is 2.91. The van der Waals surface area contributed by atoms with Crippen molar-refractivity contribution in [1.29, 1.82) is 0 Å². The van der Waals surface area contributed by atoms with E-state index >= 15 is 0 Å². The molecule has 0 saturated carbocycles. The molecule has 9 heteroatoms. The Bertz CT molecular complexity index is 1030. The maximum Gasteiger partial charge on any atom is 0.414 e. The fourth-order valence-corrected chi connectivity index (χ4v) is 4.88. The van der Waals surface area contributed by atoms with Gasteiger partial charge in [0.15, 0.2) is 0 Å². The number of carbonyl (C=O) groups is 2. The Labute approximate surface area is 182 Å². The topological polar surface area (TPSA) is 96.0 Å². The highest BCUT2D eigenvalue weighted by molar-refractivity contribution is 7.89. The molecule has 0 spiro atoms. The predicted octanol–water partition coefficient (Wildman–Crippen LogP) is 3.16. The Kier molecular flexibility index (Phi) is 6.97. The number of amides is 2. The van der Waals surface area contributed by atoms with E-state index in [0.29, 0.717) is 37.5 Å². The van der Waals surface area contributed by atoms with Gasteiger partial charge in [0, 0.05) is 24.3 Å². The van der Waals surface area contributed by atoms with E-state index in [-0.39, 0.29) is 16.8 Å². The van der Waals surface area contributed by atoms with Gasteiger partial charge in [0.2, 0.25) is 10.0 Å². The molecule has 2 amide bonds. The average Bonchev–Trinajstić information content (AvgIpc) is 3.20. The molecule has 0 bridgehead atoms. The van der Waals surface area contributed by atoms with Crippen LogP contribution in [0.4, 0.5) is 10.5 Å². The van der Waals surface area contributed by atoms with Crippen molar-refractivity contribution in [3.8, 4) is 0 Å². The van der Waals surface area contributed by atoms with Gasteiger partial charge in [-0.3, -0.25) is 9.69 Å². The van der Waals surface area contributed by atoms with Gasteiger partial charge in [-0.1, -0.05) is 26.0 Å². The molecule has 1 aliphatic heterocycles. The van der Waals surface area contributed by atoms with Crippen molar-refractivity contribution < 1.29 is 22.7 Å². The molecule has 0 radical (unpaired) electrons. The van der Waals surface area contributed by atoms with E-state index < -0.39 is 16.1 Å². The van der Waals surface area contributed by atoms with Crippen LogP contribution >= 0.6 is 0 Å². The third kappa shape index (κ3) is 4.88. The monoisotopic (exact) mass is 445 g/mol.